The predicted molar refractivity (Wildman–Crippen MR) is 118 cm³/mol. The number of alkyl halides is 6. The highest BCUT2D eigenvalue weighted by Gasteiger charge is 2.45. The van der Waals surface area contributed by atoms with Crippen molar-refractivity contribution in [3.63, 3.8) is 0 Å². The molecule has 8 heteroatoms. The third-order valence-corrected chi connectivity index (χ3v) is 6.29. The number of nitrogens with zero attached hydrogens (tertiary/aromatic N) is 1. The zero-order valence-electron chi connectivity index (χ0n) is 18.4. The number of para-hydroxylation sites is 1. The molecule has 180 valence electrons. The van der Waals surface area contributed by atoms with Gasteiger partial charge in [0.25, 0.3) is 0 Å². The van der Waals surface area contributed by atoms with Crippen LogP contribution in [0.5, 0.6) is 5.75 Å². The van der Waals surface area contributed by atoms with E-state index >= 15 is 0 Å². The molecule has 0 saturated heterocycles. The van der Waals surface area contributed by atoms with Crippen molar-refractivity contribution in [3.05, 3.63) is 95.1 Å². The van der Waals surface area contributed by atoms with Crippen molar-refractivity contribution >= 4 is 5.69 Å². The van der Waals surface area contributed by atoms with E-state index in [9.17, 15) is 26.3 Å². The van der Waals surface area contributed by atoms with Gasteiger partial charge in [0.15, 0.2) is 0 Å². The summed E-state index contributed by atoms with van der Waals surface area (Å²) in [6.07, 6.45) is -9.57. The lowest BCUT2D eigenvalue weighted by atomic mass is 9.71. The lowest BCUT2D eigenvalue weighted by Gasteiger charge is -2.32. The van der Waals surface area contributed by atoms with Crippen LogP contribution >= 0.6 is 0 Å². The highest BCUT2D eigenvalue weighted by atomic mass is 19.4. The van der Waals surface area contributed by atoms with Gasteiger partial charge in [-0.15, -0.1) is 0 Å². The summed E-state index contributed by atoms with van der Waals surface area (Å²) in [5.74, 6) is 0.635. The maximum absolute atomic E-state index is 13.6. The Balaban J connectivity index is 1.84. The van der Waals surface area contributed by atoms with Crippen molar-refractivity contribution in [2.45, 2.75) is 30.6 Å². The molecule has 4 rings (SSSR count). The van der Waals surface area contributed by atoms with Crippen LogP contribution in [0.1, 0.15) is 28.7 Å². The number of fused-ring (bicyclic) bond motifs is 1. The first kappa shape index (κ1) is 24.0. The van der Waals surface area contributed by atoms with Crippen LogP contribution in [0.3, 0.4) is 0 Å². The lowest BCUT2D eigenvalue weighted by molar-refractivity contribution is -0.137. The van der Waals surface area contributed by atoms with Gasteiger partial charge >= 0.3 is 12.4 Å². The second-order valence-corrected chi connectivity index (χ2v) is 8.49. The molecule has 1 aliphatic rings. The molecule has 0 aliphatic carbocycles. The minimum atomic E-state index is -4.54. The topological polar surface area (TPSA) is 12.5 Å². The molecule has 1 atom stereocenters. The van der Waals surface area contributed by atoms with E-state index < -0.39 is 29.8 Å². The van der Waals surface area contributed by atoms with E-state index in [-0.39, 0.29) is 13.1 Å². The van der Waals surface area contributed by atoms with Crippen molar-refractivity contribution in [2.24, 2.45) is 0 Å². The van der Waals surface area contributed by atoms with E-state index in [2.05, 4.69) is 0 Å². The number of rotatable bonds is 6. The Labute approximate surface area is 193 Å². The van der Waals surface area contributed by atoms with E-state index in [0.717, 1.165) is 17.7 Å². The number of methoxy groups -OCH3 is 1. The molecular formula is C26H23F6NO. The molecule has 0 aromatic heterocycles. The quantitative estimate of drug-likeness (QED) is 0.353. The number of hydrogen-bond acceptors (Lipinski definition) is 2. The van der Waals surface area contributed by atoms with Crippen LogP contribution in [0.2, 0.25) is 0 Å². The van der Waals surface area contributed by atoms with Crippen molar-refractivity contribution < 1.29 is 31.1 Å². The van der Waals surface area contributed by atoms with Crippen LogP contribution in [-0.4, -0.2) is 26.4 Å². The Bertz CT molecular complexity index is 1140. The van der Waals surface area contributed by atoms with Gasteiger partial charge in [-0.05, 0) is 47.4 Å². The highest BCUT2D eigenvalue weighted by molar-refractivity contribution is 5.67. The summed E-state index contributed by atoms with van der Waals surface area (Å²) >= 11 is 0. The van der Waals surface area contributed by atoms with Gasteiger partial charge in [0.1, 0.15) is 5.75 Å². The molecule has 34 heavy (non-hydrogen) atoms. The SMILES string of the molecule is COc1ccc(CC2(c3cccc(C(F)(F)F)c3)CN(CCC(F)(F)F)c3ccccc32)cc1. The minimum absolute atomic E-state index is 0.135. The zero-order chi connectivity index (χ0) is 24.6. The summed E-state index contributed by atoms with van der Waals surface area (Å²) in [7, 11) is 1.53. The summed E-state index contributed by atoms with van der Waals surface area (Å²) in [5, 5.41) is 0. The standard InChI is InChI=1S/C26H23F6NO/c1-34-21-11-9-18(10-12-21)16-24(19-5-4-6-20(15-19)26(30,31)32)17-33(14-13-25(27,28)29)23-8-3-2-7-22(23)24/h2-12,15H,13-14,16-17H2,1H3. The molecule has 2 nitrogen and oxygen atoms in total. The Hall–Kier alpha value is -3.16. The minimum Gasteiger partial charge on any atom is -0.497 e. The van der Waals surface area contributed by atoms with Crippen LogP contribution in [0.15, 0.2) is 72.8 Å². The van der Waals surface area contributed by atoms with Crippen molar-refractivity contribution in [2.75, 3.05) is 25.1 Å². The van der Waals surface area contributed by atoms with Crippen LogP contribution in [-0.2, 0) is 18.0 Å². The first-order valence-electron chi connectivity index (χ1n) is 10.7. The second-order valence-electron chi connectivity index (χ2n) is 8.49. The monoisotopic (exact) mass is 479 g/mol. The van der Waals surface area contributed by atoms with Crippen LogP contribution in [0.25, 0.3) is 0 Å². The molecule has 3 aromatic carbocycles. The molecule has 0 amide bonds. The molecule has 1 heterocycles. The molecule has 0 spiro atoms. The largest absolute Gasteiger partial charge is 0.497 e. The Morgan fingerprint density at radius 1 is 0.882 bits per heavy atom. The van der Waals surface area contributed by atoms with E-state index in [0.29, 0.717) is 29.0 Å². The van der Waals surface area contributed by atoms with Gasteiger partial charge in [0, 0.05) is 24.2 Å². The zero-order valence-corrected chi connectivity index (χ0v) is 18.4. The van der Waals surface area contributed by atoms with E-state index in [1.807, 2.05) is 12.1 Å². The third-order valence-electron chi connectivity index (χ3n) is 6.29. The van der Waals surface area contributed by atoms with Gasteiger partial charge in [-0.25, -0.2) is 0 Å². The van der Waals surface area contributed by atoms with Gasteiger partial charge in [0.2, 0.25) is 0 Å². The third kappa shape index (κ3) is 4.86. The van der Waals surface area contributed by atoms with E-state index in [4.69, 9.17) is 4.74 Å². The number of ether oxygens (including phenoxy) is 1. The fourth-order valence-corrected chi connectivity index (χ4v) is 4.70. The molecule has 3 aromatic rings. The average Bonchev–Trinajstić information content (AvgIpc) is 3.12. The van der Waals surface area contributed by atoms with E-state index in [1.54, 1.807) is 47.4 Å². The average molecular weight is 479 g/mol. The molecule has 0 bridgehead atoms. The summed E-state index contributed by atoms with van der Waals surface area (Å²) in [5.41, 5.74) is 0.832. The van der Waals surface area contributed by atoms with Gasteiger partial charge in [-0.3, -0.25) is 0 Å². The van der Waals surface area contributed by atoms with Crippen molar-refractivity contribution in [3.8, 4) is 5.75 Å². The Kier molecular flexibility index (Phi) is 6.27. The van der Waals surface area contributed by atoms with E-state index in [1.165, 1.54) is 13.2 Å². The van der Waals surface area contributed by atoms with Crippen molar-refractivity contribution in [1.82, 2.24) is 0 Å². The van der Waals surface area contributed by atoms with Crippen molar-refractivity contribution in [1.29, 1.82) is 0 Å². The number of benzene rings is 3. The predicted octanol–water partition coefficient (Wildman–Crippen LogP) is 7.02. The molecular weight excluding hydrogens is 456 g/mol. The molecule has 0 radical (unpaired) electrons. The maximum Gasteiger partial charge on any atom is 0.416 e. The number of halogens is 6. The summed E-state index contributed by atoms with van der Waals surface area (Å²) in [6, 6.07) is 19.3. The van der Waals surface area contributed by atoms with Gasteiger partial charge in [0.05, 0.1) is 19.1 Å². The van der Waals surface area contributed by atoms with Gasteiger partial charge in [-0.2, -0.15) is 26.3 Å². The molecule has 1 aliphatic heterocycles. The summed E-state index contributed by atoms with van der Waals surface area (Å²) in [4.78, 5) is 1.63. The molecule has 0 saturated carbocycles. The maximum atomic E-state index is 13.6. The van der Waals surface area contributed by atoms with Crippen LogP contribution in [0.4, 0.5) is 32.0 Å². The summed E-state index contributed by atoms with van der Waals surface area (Å²) < 4.78 is 85.0. The molecule has 0 fully saturated rings. The highest BCUT2D eigenvalue weighted by Crippen LogP contribution is 2.48. The van der Waals surface area contributed by atoms with Crippen LogP contribution < -0.4 is 9.64 Å². The fraction of sp³-hybridized carbons (Fsp3) is 0.308. The van der Waals surface area contributed by atoms with Gasteiger partial charge < -0.3 is 9.64 Å². The number of hydrogen-bond donors (Lipinski definition) is 0. The van der Waals surface area contributed by atoms with Gasteiger partial charge in [-0.1, -0.05) is 48.5 Å². The fourth-order valence-electron chi connectivity index (χ4n) is 4.70. The second kappa shape index (κ2) is 8.89. The molecule has 1 unspecified atom stereocenters. The number of anilines is 1. The Morgan fingerprint density at radius 3 is 2.24 bits per heavy atom. The normalized spacial score (nSPS) is 18.1. The molecule has 0 N–H and O–H groups in total. The first-order valence-corrected chi connectivity index (χ1v) is 10.7. The lowest BCUT2D eigenvalue weighted by Crippen LogP contribution is -2.38. The smallest absolute Gasteiger partial charge is 0.416 e. The summed E-state index contributed by atoms with van der Waals surface area (Å²) in [6.45, 7) is -0.139. The van der Waals surface area contributed by atoms with Crippen LogP contribution in [0, 0.1) is 0 Å². The first-order chi connectivity index (χ1) is 16.0. The Morgan fingerprint density at radius 2 is 1.59 bits per heavy atom.